The Morgan fingerprint density at radius 1 is 1.21 bits per heavy atom. The highest BCUT2D eigenvalue weighted by Crippen LogP contribution is 2.22. The summed E-state index contributed by atoms with van der Waals surface area (Å²) in [4.78, 5) is 10.7. The third-order valence-corrected chi connectivity index (χ3v) is 2.20. The van der Waals surface area contributed by atoms with Crippen molar-refractivity contribution < 1.29 is 9.53 Å². The molecule has 2 rings (SSSR count). The normalized spacial score (nSPS) is 10.1. The maximum atomic E-state index is 10.7. The highest BCUT2D eigenvalue weighted by Gasteiger charge is 2.01. The van der Waals surface area contributed by atoms with Gasteiger partial charge in [-0.1, -0.05) is 24.3 Å². The van der Waals surface area contributed by atoms with Gasteiger partial charge >= 0.3 is 0 Å². The molecule has 14 heavy (non-hydrogen) atoms. The standard InChI is InChI=1S/C12H9O2/c1-14-11-6-5-9-3-2-4-10(8-13)12(9)7-11/h2-7H,1H3. The van der Waals surface area contributed by atoms with E-state index in [1.807, 2.05) is 36.6 Å². The zero-order valence-electron chi connectivity index (χ0n) is 7.78. The Morgan fingerprint density at radius 3 is 2.79 bits per heavy atom. The van der Waals surface area contributed by atoms with E-state index < -0.39 is 0 Å². The lowest BCUT2D eigenvalue weighted by Crippen LogP contribution is -1.86. The lowest BCUT2D eigenvalue weighted by molar-refractivity contribution is 0.415. The molecule has 1 radical (unpaired) electrons. The molecule has 2 aromatic rings. The van der Waals surface area contributed by atoms with Crippen LogP contribution in [0.4, 0.5) is 0 Å². The minimum absolute atomic E-state index is 0.571. The number of hydrogen-bond donors (Lipinski definition) is 0. The van der Waals surface area contributed by atoms with Gasteiger partial charge in [0.1, 0.15) is 5.75 Å². The van der Waals surface area contributed by atoms with Crippen LogP contribution < -0.4 is 4.74 Å². The molecule has 0 aromatic heterocycles. The second-order valence-corrected chi connectivity index (χ2v) is 2.99. The highest BCUT2D eigenvalue weighted by molar-refractivity contribution is 5.98. The average molecular weight is 185 g/mol. The van der Waals surface area contributed by atoms with Crippen molar-refractivity contribution in [1.29, 1.82) is 0 Å². The Hall–Kier alpha value is -1.83. The van der Waals surface area contributed by atoms with Gasteiger partial charge in [0.15, 0.2) is 0 Å². The van der Waals surface area contributed by atoms with Gasteiger partial charge in [-0.2, -0.15) is 0 Å². The lowest BCUT2D eigenvalue weighted by Gasteiger charge is -2.03. The van der Waals surface area contributed by atoms with E-state index in [4.69, 9.17) is 4.74 Å². The molecule has 2 aromatic carbocycles. The number of benzene rings is 2. The Balaban J connectivity index is 2.76. The van der Waals surface area contributed by atoms with E-state index in [0.29, 0.717) is 5.56 Å². The van der Waals surface area contributed by atoms with Crippen LogP contribution in [-0.2, 0) is 4.79 Å². The van der Waals surface area contributed by atoms with Gasteiger partial charge in [0.05, 0.1) is 7.11 Å². The molecule has 0 aliphatic carbocycles. The summed E-state index contributed by atoms with van der Waals surface area (Å²) in [6.07, 6.45) is 1.92. The molecule has 0 heterocycles. The van der Waals surface area contributed by atoms with Crippen molar-refractivity contribution in [3.05, 3.63) is 42.0 Å². The van der Waals surface area contributed by atoms with E-state index >= 15 is 0 Å². The van der Waals surface area contributed by atoms with Crippen LogP contribution in [0.15, 0.2) is 36.4 Å². The zero-order chi connectivity index (χ0) is 9.97. The van der Waals surface area contributed by atoms with Gasteiger partial charge in [-0.15, -0.1) is 0 Å². The van der Waals surface area contributed by atoms with E-state index in [-0.39, 0.29) is 0 Å². The van der Waals surface area contributed by atoms with E-state index in [0.717, 1.165) is 16.5 Å². The quantitative estimate of drug-likeness (QED) is 0.717. The summed E-state index contributed by atoms with van der Waals surface area (Å²) in [5.74, 6) is 0.750. The van der Waals surface area contributed by atoms with Gasteiger partial charge in [0.25, 0.3) is 0 Å². The van der Waals surface area contributed by atoms with Crippen molar-refractivity contribution in [2.75, 3.05) is 7.11 Å². The van der Waals surface area contributed by atoms with E-state index in [2.05, 4.69) is 0 Å². The SMILES string of the molecule is COc1ccc2cccc([C]=O)c2c1. The van der Waals surface area contributed by atoms with Crippen molar-refractivity contribution in [3.8, 4) is 5.75 Å². The van der Waals surface area contributed by atoms with Crippen LogP contribution in [0.5, 0.6) is 5.75 Å². The summed E-state index contributed by atoms with van der Waals surface area (Å²) in [5, 5.41) is 1.90. The van der Waals surface area contributed by atoms with Crippen LogP contribution in [0.1, 0.15) is 5.56 Å². The molecule has 0 N–H and O–H groups in total. The fourth-order valence-corrected chi connectivity index (χ4v) is 1.47. The van der Waals surface area contributed by atoms with Crippen molar-refractivity contribution in [2.45, 2.75) is 0 Å². The summed E-state index contributed by atoms with van der Waals surface area (Å²) in [6.45, 7) is 0. The molecule has 0 spiro atoms. The van der Waals surface area contributed by atoms with Crippen molar-refractivity contribution in [1.82, 2.24) is 0 Å². The van der Waals surface area contributed by atoms with Gasteiger partial charge < -0.3 is 4.74 Å². The summed E-state index contributed by atoms with van der Waals surface area (Å²) < 4.78 is 5.09. The smallest absolute Gasteiger partial charge is 0.234 e. The van der Waals surface area contributed by atoms with Crippen LogP contribution in [0.3, 0.4) is 0 Å². The number of rotatable bonds is 2. The zero-order valence-corrected chi connectivity index (χ0v) is 7.78. The first-order valence-corrected chi connectivity index (χ1v) is 4.30. The van der Waals surface area contributed by atoms with E-state index in [1.165, 1.54) is 0 Å². The molecule has 0 unspecified atom stereocenters. The van der Waals surface area contributed by atoms with E-state index in [9.17, 15) is 4.79 Å². The van der Waals surface area contributed by atoms with Crippen LogP contribution in [0.2, 0.25) is 0 Å². The maximum Gasteiger partial charge on any atom is 0.234 e. The summed E-state index contributed by atoms with van der Waals surface area (Å²) >= 11 is 0. The minimum atomic E-state index is 0.571. The number of fused-ring (bicyclic) bond motifs is 1. The number of hydrogen-bond acceptors (Lipinski definition) is 2. The molecular formula is C12H9O2. The van der Waals surface area contributed by atoms with Crippen LogP contribution in [0.25, 0.3) is 10.8 Å². The minimum Gasteiger partial charge on any atom is -0.497 e. The third-order valence-electron chi connectivity index (χ3n) is 2.20. The van der Waals surface area contributed by atoms with Crippen molar-refractivity contribution >= 4 is 17.1 Å². The Kier molecular flexibility index (Phi) is 2.19. The average Bonchev–Trinajstić information content (AvgIpc) is 2.27. The summed E-state index contributed by atoms with van der Waals surface area (Å²) in [6, 6.07) is 11.2. The summed E-state index contributed by atoms with van der Waals surface area (Å²) in [7, 11) is 1.61. The second kappa shape index (κ2) is 3.50. The van der Waals surface area contributed by atoms with Gasteiger partial charge in [-0.3, -0.25) is 4.79 Å². The Labute approximate surface area is 82.1 Å². The molecule has 0 atom stereocenters. The summed E-state index contributed by atoms with van der Waals surface area (Å²) in [5.41, 5.74) is 0.571. The Morgan fingerprint density at radius 2 is 2.07 bits per heavy atom. The van der Waals surface area contributed by atoms with E-state index in [1.54, 1.807) is 13.2 Å². The van der Waals surface area contributed by atoms with Crippen molar-refractivity contribution in [3.63, 3.8) is 0 Å². The largest absolute Gasteiger partial charge is 0.497 e. The molecule has 0 saturated heterocycles. The molecule has 0 aliphatic heterocycles. The molecule has 0 amide bonds. The van der Waals surface area contributed by atoms with Crippen molar-refractivity contribution in [2.24, 2.45) is 0 Å². The van der Waals surface area contributed by atoms with Gasteiger partial charge in [0, 0.05) is 5.56 Å². The van der Waals surface area contributed by atoms with Crippen LogP contribution >= 0.6 is 0 Å². The third kappa shape index (κ3) is 1.35. The first-order chi connectivity index (χ1) is 6.85. The Bertz CT molecular complexity index is 475. The molecule has 0 fully saturated rings. The molecule has 0 aliphatic rings. The molecule has 0 saturated carbocycles. The van der Waals surface area contributed by atoms with Gasteiger partial charge in [-0.25, -0.2) is 0 Å². The van der Waals surface area contributed by atoms with Gasteiger partial charge in [0.2, 0.25) is 6.29 Å². The highest BCUT2D eigenvalue weighted by atomic mass is 16.5. The number of methoxy groups -OCH3 is 1. The van der Waals surface area contributed by atoms with Crippen LogP contribution in [0, 0.1) is 0 Å². The molecule has 2 nitrogen and oxygen atoms in total. The number of ether oxygens (including phenoxy) is 1. The lowest BCUT2D eigenvalue weighted by atomic mass is 10.1. The first-order valence-electron chi connectivity index (χ1n) is 4.30. The molecule has 2 heteroatoms. The fourth-order valence-electron chi connectivity index (χ4n) is 1.47. The second-order valence-electron chi connectivity index (χ2n) is 2.99. The van der Waals surface area contributed by atoms with Gasteiger partial charge in [-0.05, 0) is 22.9 Å². The van der Waals surface area contributed by atoms with Crippen LogP contribution in [-0.4, -0.2) is 13.4 Å². The first kappa shape index (κ1) is 8.75. The molecule has 69 valence electrons. The predicted octanol–water partition coefficient (Wildman–Crippen LogP) is 2.31. The maximum absolute atomic E-state index is 10.7. The topological polar surface area (TPSA) is 26.3 Å². The number of carbonyl (C=O) groups excluding carboxylic acids is 1. The fraction of sp³-hybridized carbons (Fsp3) is 0.0833. The monoisotopic (exact) mass is 185 g/mol. The molecular weight excluding hydrogens is 176 g/mol. The predicted molar refractivity (Wildman–Crippen MR) is 55.3 cm³/mol. The molecule has 0 bridgehead atoms.